The van der Waals surface area contributed by atoms with Gasteiger partial charge in [-0.25, -0.2) is 13.8 Å². The lowest BCUT2D eigenvalue weighted by atomic mass is 9.75. The van der Waals surface area contributed by atoms with Gasteiger partial charge in [0.25, 0.3) is 0 Å². The number of methoxy groups -OCH3 is 1. The summed E-state index contributed by atoms with van der Waals surface area (Å²) in [5, 5.41) is 3.39. The van der Waals surface area contributed by atoms with Gasteiger partial charge in [-0.2, -0.15) is 0 Å². The van der Waals surface area contributed by atoms with Crippen LogP contribution >= 0.6 is 0 Å². The molecule has 1 unspecified atom stereocenters. The van der Waals surface area contributed by atoms with Crippen LogP contribution in [-0.4, -0.2) is 46.3 Å². The van der Waals surface area contributed by atoms with Crippen LogP contribution in [0.25, 0.3) is 22.3 Å². The normalized spacial score (nSPS) is 17.4. The Morgan fingerprint density at radius 3 is 2.73 bits per heavy atom. The van der Waals surface area contributed by atoms with Crippen molar-refractivity contribution in [2.24, 2.45) is 0 Å². The van der Waals surface area contributed by atoms with Gasteiger partial charge in [0.1, 0.15) is 17.4 Å². The number of H-pyrrole nitrogens is 2. The monoisotopic (exact) mass is 654 g/mol. The third kappa shape index (κ3) is 6.85. The molecule has 1 aliphatic rings. The smallest absolute Gasteiger partial charge is 0.305 e. The van der Waals surface area contributed by atoms with E-state index in [0.717, 1.165) is 11.1 Å². The maximum absolute atomic E-state index is 15.5. The Balaban J connectivity index is 1.41. The van der Waals surface area contributed by atoms with E-state index in [-0.39, 0.29) is 72.8 Å². The van der Waals surface area contributed by atoms with Crippen LogP contribution in [-0.2, 0) is 37.4 Å². The van der Waals surface area contributed by atoms with E-state index in [2.05, 4.69) is 20.3 Å². The van der Waals surface area contributed by atoms with Crippen LogP contribution in [0.15, 0.2) is 67.0 Å². The average molecular weight is 655 g/mol. The van der Waals surface area contributed by atoms with Gasteiger partial charge in [0.05, 0.1) is 19.2 Å². The molecule has 1 atom stereocenters. The van der Waals surface area contributed by atoms with E-state index in [1.807, 2.05) is 31.2 Å². The minimum atomic E-state index is -0.687. The Labute approximate surface area is 276 Å². The number of carbonyl (C=O) groups excluding carboxylic acids is 3. The number of hydrogen-bond acceptors (Lipinski definition) is 6. The number of hydrogen-bond donors (Lipinski definition) is 3. The number of carbonyl (C=O) groups is 3. The van der Waals surface area contributed by atoms with Gasteiger partial charge in [-0.3, -0.25) is 14.4 Å². The summed E-state index contributed by atoms with van der Waals surface area (Å²) in [6, 6.07) is 15.1. The summed E-state index contributed by atoms with van der Waals surface area (Å²) >= 11 is 0. The predicted molar refractivity (Wildman–Crippen MR) is 176 cm³/mol. The zero-order valence-electron chi connectivity index (χ0n) is 26.8. The lowest BCUT2D eigenvalue weighted by Gasteiger charge is -2.30. The molecule has 9 nitrogen and oxygen atoms in total. The van der Waals surface area contributed by atoms with E-state index in [1.165, 1.54) is 31.4 Å². The molecule has 4 bridgehead atoms. The van der Waals surface area contributed by atoms with Crippen molar-refractivity contribution in [2.75, 3.05) is 13.7 Å². The zero-order valence-corrected chi connectivity index (χ0v) is 26.8. The molecule has 48 heavy (non-hydrogen) atoms. The molecule has 0 spiro atoms. The van der Waals surface area contributed by atoms with E-state index in [1.54, 1.807) is 18.5 Å². The van der Waals surface area contributed by atoms with E-state index in [0.29, 0.717) is 41.4 Å². The number of aryl methyl sites for hydroxylation is 2. The standard InChI is InChI=1S/C37H36F2N4O5/c1-37(23-6-3-5-22(17-23)8-13-34(46)47-2)15-4-7-24(44)20-41-33(45)12-10-27-26-14-16-40-31(26)19-30(39)35(27)48-25-9-11-29(38)28(18-25)36-42-21-32(37)43-36/h3,5-6,9,11,14,16-19,21,40H,4,7-8,10,12-13,15,20H2,1-2H3,(H,41,45)(H,42,43). The highest BCUT2D eigenvalue weighted by molar-refractivity contribution is 5.88. The summed E-state index contributed by atoms with van der Waals surface area (Å²) in [6.45, 7) is 1.90. The topological polar surface area (TPSA) is 126 Å². The second-order valence-corrected chi connectivity index (χ2v) is 12.3. The fourth-order valence-electron chi connectivity index (χ4n) is 6.29. The van der Waals surface area contributed by atoms with E-state index >= 15 is 8.78 Å². The number of ether oxygens (including phenoxy) is 2. The molecule has 2 aromatic heterocycles. The number of esters is 1. The third-order valence-corrected chi connectivity index (χ3v) is 9.08. The molecule has 11 heteroatoms. The minimum absolute atomic E-state index is 0.00130. The molecule has 0 saturated carbocycles. The molecule has 6 rings (SSSR count). The van der Waals surface area contributed by atoms with E-state index in [9.17, 15) is 14.4 Å². The van der Waals surface area contributed by atoms with E-state index in [4.69, 9.17) is 9.47 Å². The van der Waals surface area contributed by atoms with Crippen molar-refractivity contribution >= 4 is 28.6 Å². The molecule has 3 heterocycles. The molecular weight excluding hydrogens is 618 g/mol. The Morgan fingerprint density at radius 2 is 1.90 bits per heavy atom. The van der Waals surface area contributed by atoms with Crippen molar-refractivity contribution in [3.63, 3.8) is 0 Å². The fourth-order valence-corrected chi connectivity index (χ4v) is 6.29. The first-order valence-corrected chi connectivity index (χ1v) is 15.9. The summed E-state index contributed by atoms with van der Waals surface area (Å²) in [6.07, 6.45) is 5.45. The number of benzene rings is 3. The highest BCUT2D eigenvalue weighted by Crippen LogP contribution is 2.39. The first-order chi connectivity index (χ1) is 23.1. The lowest BCUT2D eigenvalue weighted by molar-refractivity contribution is -0.140. The highest BCUT2D eigenvalue weighted by Gasteiger charge is 2.32. The molecule has 5 aromatic rings. The predicted octanol–water partition coefficient (Wildman–Crippen LogP) is 6.84. The number of imidazole rings is 1. The van der Waals surface area contributed by atoms with Gasteiger partial charge in [-0.1, -0.05) is 24.3 Å². The van der Waals surface area contributed by atoms with Crippen LogP contribution in [0.4, 0.5) is 8.78 Å². The first kappa shape index (κ1) is 32.6. The minimum Gasteiger partial charge on any atom is -0.469 e. The number of rotatable bonds is 4. The molecular formula is C37H36F2N4O5. The number of nitrogens with zero attached hydrogens (tertiary/aromatic N) is 1. The average Bonchev–Trinajstić information content (AvgIpc) is 3.77. The van der Waals surface area contributed by atoms with E-state index < -0.39 is 17.0 Å². The lowest BCUT2D eigenvalue weighted by Crippen LogP contribution is -2.30. The summed E-state index contributed by atoms with van der Waals surface area (Å²) in [7, 11) is 1.36. The van der Waals surface area contributed by atoms with Crippen LogP contribution in [0, 0.1) is 11.6 Å². The molecule has 0 saturated heterocycles. The van der Waals surface area contributed by atoms with Crippen molar-refractivity contribution < 1.29 is 32.6 Å². The molecule has 0 fully saturated rings. The number of ketones is 1. The van der Waals surface area contributed by atoms with Gasteiger partial charge in [-0.15, -0.1) is 0 Å². The number of amides is 1. The molecule has 1 aliphatic heterocycles. The van der Waals surface area contributed by atoms with Crippen LogP contribution < -0.4 is 10.1 Å². The second-order valence-electron chi connectivity index (χ2n) is 12.3. The largest absolute Gasteiger partial charge is 0.469 e. The zero-order chi connectivity index (χ0) is 33.8. The van der Waals surface area contributed by atoms with Crippen molar-refractivity contribution in [3.8, 4) is 22.9 Å². The van der Waals surface area contributed by atoms with Gasteiger partial charge in [0, 0.05) is 65.3 Å². The maximum Gasteiger partial charge on any atom is 0.305 e. The Hall–Kier alpha value is -5.32. The summed E-state index contributed by atoms with van der Waals surface area (Å²) in [5.74, 6) is -1.59. The number of fused-ring (bicyclic) bond motifs is 8. The number of halogens is 2. The highest BCUT2D eigenvalue weighted by atomic mass is 19.1. The van der Waals surface area contributed by atoms with Crippen LogP contribution in [0.2, 0.25) is 0 Å². The Morgan fingerprint density at radius 1 is 1.04 bits per heavy atom. The summed E-state index contributed by atoms with van der Waals surface area (Å²) in [4.78, 5) is 48.4. The van der Waals surface area contributed by atoms with Crippen molar-refractivity contribution in [2.45, 2.75) is 57.3 Å². The molecule has 3 N–H and O–H groups in total. The van der Waals surface area contributed by atoms with Crippen molar-refractivity contribution in [1.82, 2.24) is 20.3 Å². The van der Waals surface area contributed by atoms with Gasteiger partial charge in [0.2, 0.25) is 5.91 Å². The van der Waals surface area contributed by atoms with Crippen LogP contribution in [0.5, 0.6) is 11.5 Å². The molecule has 3 aromatic carbocycles. The van der Waals surface area contributed by atoms with Gasteiger partial charge < -0.3 is 24.8 Å². The summed E-state index contributed by atoms with van der Waals surface area (Å²) in [5.41, 5.74) is 3.02. The Kier molecular flexibility index (Phi) is 9.38. The quantitative estimate of drug-likeness (QED) is 0.182. The first-order valence-electron chi connectivity index (χ1n) is 15.9. The second kappa shape index (κ2) is 13.8. The van der Waals surface area contributed by atoms with Crippen LogP contribution in [0.1, 0.15) is 61.4 Å². The maximum atomic E-state index is 15.5. The third-order valence-electron chi connectivity index (χ3n) is 9.08. The molecule has 0 radical (unpaired) electrons. The molecule has 248 valence electrons. The Bertz CT molecular complexity index is 2000. The molecule has 0 aliphatic carbocycles. The SMILES string of the molecule is COC(=O)CCc1cccc(C2(C)CCCC(=O)CNC(=O)CCc3c(c(F)cc4[nH]ccc34)Oc3ccc(F)c(c3)-c3ncc2[nH]3)c1. The number of nitrogens with one attached hydrogen (secondary N) is 3. The van der Waals surface area contributed by atoms with Gasteiger partial charge in [0.15, 0.2) is 17.3 Å². The fraction of sp³-hybridized carbons (Fsp3) is 0.297. The van der Waals surface area contributed by atoms with Crippen LogP contribution in [0.3, 0.4) is 0 Å². The van der Waals surface area contributed by atoms with Gasteiger partial charge in [-0.05, 0) is 68.0 Å². The van der Waals surface area contributed by atoms with Crippen molar-refractivity contribution in [3.05, 3.63) is 101 Å². The number of Topliss-reactive ketones (excluding diaryl/α,β-unsaturated/α-hetero) is 1. The number of aromatic nitrogens is 3. The van der Waals surface area contributed by atoms with Crippen molar-refractivity contribution in [1.29, 1.82) is 0 Å². The number of aromatic amines is 2. The van der Waals surface area contributed by atoms with Gasteiger partial charge >= 0.3 is 5.97 Å². The summed E-state index contributed by atoms with van der Waals surface area (Å²) < 4.78 is 41.8. The molecule has 1 amide bonds.